The topological polar surface area (TPSA) is 57.1 Å². The average molecular weight is 365 g/mol. The van der Waals surface area contributed by atoms with Crippen LogP contribution in [0.15, 0.2) is 41.0 Å². The minimum absolute atomic E-state index is 0.320. The van der Waals surface area contributed by atoms with E-state index in [2.05, 4.69) is 24.0 Å². The lowest BCUT2D eigenvalue weighted by molar-refractivity contribution is -0.130. The zero-order valence-electron chi connectivity index (χ0n) is 16.3. The summed E-state index contributed by atoms with van der Waals surface area (Å²) in [7, 11) is 3.17. The molecule has 140 valence electrons. The smallest absolute Gasteiger partial charge is 0.363 e. The summed E-state index contributed by atoms with van der Waals surface area (Å²) in [6.45, 7) is 6.11. The van der Waals surface area contributed by atoms with Crippen molar-refractivity contribution in [2.24, 2.45) is 4.99 Å². The number of aryl methyl sites for hydroxylation is 3. The normalized spacial score (nSPS) is 14.9. The third-order valence-electron chi connectivity index (χ3n) is 4.49. The van der Waals surface area contributed by atoms with Gasteiger partial charge in [0.15, 0.2) is 17.2 Å². The van der Waals surface area contributed by atoms with Gasteiger partial charge in [0.1, 0.15) is 0 Å². The van der Waals surface area contributed by atoms with E-state index in [4.69, 9.17) is 14.2 Å². The van der Waals surface area contributed by atoms with Crippen molar-refractivity contribution < 1.29 is 19.0 Å². The number of carbonyl (C=O) groups excluding carboxylic acids is 1. The predicted molar refractivity (Wildman–Crippen MR) is 105 cm³/mol. The van der Waals surface area contributed by atoms with Crippen LogP contribution < -0.4 is 9.47 Å². The van der Waals surface area contributed by atoms with E-state index in [1.165, 1.54) is 5.56 Å². The maximum absolute atomic E-state index is 12.2. The number of aliphatic imine (C=N–C) groups is 1. The van der Waals surface area contributed by atoms with Gasteiger partial charge in [-0.3, -0.25) is 0 Å². The minimum atomic E-state index is -0.426. The highest BCUT2D eigenvalue weighted by Gasteiger charge is 2.24. The first kappa shape index (κ1) is 18.7. The van der Waals surface area contributed by atoms with Crippen LogP contribution in [0.4, 0.5) is 0 Å². The number of nitrogens with zero attached hydrogens (tertiary/aromatic N) is 1. The van der Waals surface area contributed by atoms with Crippen molar-refractivity contribution in [3.05, 3.63) is 63.8 Å². The fourth-order valence-corrected chi connectivity index (χ4v) is 3.25. The van der Waals surface area contributed by atoms with Crippen LogP contribution in [0.25, 0.3) is 6.08 Å². The van der Waals surface area contributed by atoms with Gasteiger partial charge in [-0.15, -0.1) is 0 Å². The van der Waals surface area contributed by atoms with E-state index in [-0.39, 0.29) is 0 Å². The van der Waals surface area contributed by atoms with Gasteiger partial charge in [0.05, 0.1) is 14.2 Å². The van der Waals surface area contributed by atoms with Crippen LogP contribution in [0.5, 0.6) is 11.5 Å². The van der Waals surface area contributed by atoms with Gasteiger partial charge in [0, 0.05) is 6.42 Å². The molecule has 0 fully saturated rings. The molecule has 0 amide bonds. The van der Waals surface area contributed by atoms with Gasteiger partial charge in [0.2, 0.25) is 5.90 Å². The molecule has 0 unspecified atom stereocenters. The Kier molecular flexibility index (Phi) is 5.31. The zero-order chi connectivity index (χ0) is 19.6. The summed E-state index contributed by atoms with van der Waals surface area (Å²) in [5.41, 5.74) is 5.65. The number of hydrogen-bond donors (Lipinski definition) is 0. The summed E-state index contributed by atoms with van der Waals surface area (Å²) < 4.78 is 15.9. The molecule has 0 atom stereocenters. The molecule has 0 radical (unpaired) electrons. The van der Waals surface area contributed by atoms with Crippen LogP contribution in [-0.2, 0) is 16.0 Å². The lowest BCUT2D eigenvalue weighted by Gasteiger charge is -2.09. The molecule has 5 heteroatoms. The molecular weight excluding hydrogens is 342 g/mol. The Morgan fingerprint density at radius 3 is 2.30 bits per heavy atom. The van der Waals surface area contributed by atoms with Crippen LogP contribution in [0, 0.1) is 20.8 Å². The van der Waals surface area contributed by atoms with E-state index in [1.54, 1.807) is 20.3 Å². The lowest BCUT2D eigenvalue weighted by atomic mass is 9.99. The van der Waals surface area contributed by atoms with Gasteiger partial charge in [0.25, 0.3) is 0 Å². The van der Waals surface area contributed by atoms with Crippen LogP contribution in [0.3, 0.4) is 0 Å². The van der Waals surface area contributed by atoms with Crippen molar-refractivity contribution in [2.45, 2.75) is 27.2 Å². The fraction of sp³-hybridized carbons (Fsp3) is 0.273. The highest BCUT2D eigenvalue weighted by atomic mass is 16.6. The number of esters is 1. The number of carbonyl (C=O) groups is 1. The molecule has 27 heavy (non-hydrogen) atoms. The number of methoxy groups -OCH3 is 2. The van der Waals surface area contributed by atoms with Crippen LogP contribution >= 0.6 is 0 Å². The Morgan fingerprint density at radius 1 is 1.00 bits per heavy atom. The summed E-state index contributed by atoms with van der Waals surface area (Å²) >= 11 is 0. The third-order valence-corrected chi connectivity index (χ3v) is 4.49. The SMILES string of the molecule is COc1ccc(CC2=N/C(=C\c3c(C)cc(C)cc3C)C(=O)O2)cc1OC. The maximum Gasteiger partial charge on any atom is 0.363 e. The number of benzene rings is 2. The van der Waals surface area contributed by atoms with Crippen molar-refractivity contribution >= 4 is 17.9 Å². The van der Waals surface area contributed by atoms with E-state index >= 15 is 0 Å². The van der Waals surface area contributed by atoms with Crippen molar-refractivity contribution in [3.63, 3.8) is 0 Å². The second-order valence-corrected chi connectivity index (χ2v) is 6.60. The predicted octanol–water partition coefficient (Wildman–Crippen LogP) is 4.17. The minimum Gasteiger partial charge on any atom is -0.493 e. The molecule has 0 N–H and O–H groups in total. The molecule has 1 heterocycles. The number of ether oxygens (including phenoxy) is 3. The monoisotopic (exact) mass is 365 g/mol. The number of hydrogen-bond acceptors (Lipinski definition) is 5. The van der Waals surface area contributed by atoms with Crippen LogP contribution in [0.2, 0.25) is 0 Å². The highest BCUT2D eigenvalue weighted by molar-refractivity contribution is 6.07. The maximum atomic E-state index is 12.2. The summed E-state index contributed by atoms with van der Waals surface area (Å²) in [5.74, 6) is 1.23. The molecule has 5 nitrogen and oxygen atoms in total. The van der Waals surface area contributed by atoms with Gasteiger partial charge >= 0.3 is 5.97 Å². The van der Waals surface area contributed by atoms with Crippen LogP contribution in [-0.4, -0.2) is 26.1 Å². The van der Waals surface area contributed by atoms with Gasteiger partial charge in [-0.05, 0) is 61.2 Å². The Bertz CT molecular complexity index is 934. The number of rotatable bonds is 5. The Hall–Kier alpha value is -3.08. The number of cyclic esters (lactones) is 1. The Morgan fingerprint density at radius 2 is 1.67 bits per heavy atom. The molecule has 0 saturated heterocycles. The molecule has 2 aromatic carbocycles. The molecule has 0 aliphatic carbocycles. The molecule has 0 bridgehead atoms. The van der Waals surface area contributed by atoms with E-state index < -0.39 is 5.97 Å². The zero-order valence-corrected chi connectivity index (χ0v) is 16.3. The first-order valence-electron chi connectivity index (χ1n) is 8.71. The summed E-state index contributed by atoms with van der Waals surface area (Å²) in [6.07, 6.45) is 2.20. The fourth-order valence-electron chi connectivity index (χ4n) is 3.25. The van der Waals surface area contributed by atoms with E-state index in [0.29, 0.717) is 29.5 Å². The Balaban J connectivity index is 1.87. The van der Waals surface area contributed by atoms with E-state index in [1.807, 2.05) is 32.0 Å². The van der Waals surface area contributed by atoms with Gasteiger partial charge in [-0.2, -0.15) is 0 Å². The van der Waals surface area contributed by atoms with Gasteiger partial charge in [-0.25, -0.2) is 9.79 Å². The molecule has 3 rings (SSSR count). The van der Waals surface area contributed by atoms with E-state index in [9.17, 15) is 4.79 Å². The first-order valence-corrected chi connectivity index (χ1v) is 8.71. The molecule has 0 aromatic heterocycles. The van der Waals surface area contributed by atoms with Crippen LogP contribution in [0.1, 0.15) is 27.8 Å². The summed E-state index contributed by atoms with van der Waals surface area (Å²) in [4.78, 5) is 16.6. The summed E-state index contributed by atoms with van der Waals surface area (Å²) in [6, 6.07) is 9.75. The molecular formula is C22H23NO4. The molecule has 0 spiro atoms. The molecule has 2 aromatic rings. The average Bonchev–Trinajstić information content (AvgIpc) is 2.97. The largest absolute Gasteiger partial charge is 0.493 e. The standard InChI is InChI=1S/C22H23NO4/c1-13-8-14(2)17(15(3)9-13)12-18-22(24)27-21(23-18)11-16-6-7-19(25-4)20(10-16)26-5/h6-10,12H,11H2,1-5H3/b18-12-. The van der Waals surface area contributed by atoms with E-state index in [0.717, 1.165) is 22.3 Å². The Labute approximate surface area is 159 Å². The highest BCUT2D eigenvalue weighted by Crippen LogP contribution is 2.29. The molecule has 1 aliphatic rings. The second-order valence-electron chi connectivity index (χ2n) is 6.60. The summed E-state index contributed by atoms with van der Waals surface area (Å²) in [5, 5.41) is 0. The van der Waals surface area contributed by atoms with Crippen molar-refractivity contribution in [1.29, 1.82) is 0 Å². The lowest BCUT2D eigenvalue weighted by Crippen LogP contribution is -2.07. The molecule has 0 saturated carbocycles. The quantitative estimate of drug-likeness (QED) is 0.589. The first-order chi connectivity index (χ1) is 12.9. The van der Waals surface area contributed by atoms with Gasteiger partial charge in [-0.1, -0.05) is 23.8 Å². The second kappa shape index (κ2) is 7.66. The van der Waals surface area contributed by atoms with Crippen molar-refractivity contribution in [1.82, 2.24) is 0 Å². The third kappa shape index (κ3) is 4.03. The van der Waals surface area contributed by atoms with Gasteiger partial charge < -0.3 is 14.2 Å². The van der Waals surface area contributed by atoms with Crippen molar-refractivity contribution in [2.75, 3.05) is 14.2 Å². The van der Waals surface area contributed by atoms with Crippen molar-refractivity contribution in [3.8, 4) is 11.5 Å². The molecule has 1 aliphatic heterocycles.